The van der Waals surface area contributed by atoms with Crippen LogP contribution in [-0.4, -0.2) is 26.9 Å². The zero-order chi connectivity index (χ0) is 15.8. The molecule has 0 amide bonds. The lowest BCUT2D eigenvalue weighted by atomic mass is 10.1. The Balaban J connectivity index is 0.00000264. The van der Waals surface area contributed by atoms with Crippen molar-refractivity contribution in [3.63, 3.8) is 0 Å². The van der Waals surface area contributed by atoms with Crippen LogP contribution in [0.25, 0.3) is 0 Å². The van der Waals surface area contributed by atoms with Crippen molar-refractivity contribution in [1.82, 2.24) is 5.32 Å². The molecule has 0 aromatic heterocycles. The molecule has 0 aliphatic carbocycles. The molecule has 0 spiro atoms. The highest BCUT2D eigenvalue weighted by atomic mass is 35.5. The molecule has 0 saturated heterocycles. The number of methoxy groups -OCH3 is 1. The smallest absolute Gasteiger partial charge is 0.119 e. The molecule has 1 atom stereocenters. The molecule has 0 heterocycles. The molecule has 0 fully saturated rings. The molecule has 0 aliphatic heterocycles. The summed E-state index contributed by atoms with van der Waals surface area (Å²) in [5.41, 5.74) is 3.67. The fraction of sp³-hybridized carbons (Fsp3) is 0.368. The van der Waals surface area contributed by atoms with E-state index in [1.807, 2.05) is 6.07 Å². The van der Waals surface area contributed by atoms with Gasteiger partial charge in [0.2, 0.25) is 0 Å². The minimum absolute atomic E-state index is 0. The van der Waals surface area contributed by atoms with Gasteiger partial charge in [-0.3, -0.25) is 0 Å². The molecule has 3 nitrogen and oxygen atoms in total. The summed E-state index contributed by atoms with van der Waals surface area (Å²) in [6.07, 6.45) is 0. The van der Waals surface area contributed by atoms with Crippen molar-refractivity contribution in [3.05, 3.63) is 65.2 Å². The van der Waals surface area contributed by atoms with Crippen LogP contribution in [0.3, 0.4) is 0 Å². The molecule has 2 aromatic carbocycles. The molecule has 2 aromatic rings. The maximum Gasteiger partial charge on any atom is 0.119 e. The van der Waals surface area contributed by atoms with Crippen molar-refractivity contribution < 1.29 is 9.47 Å². The summed E-state index contributed by atoms with van der Waals surface area (Å²) < 4.78 is 11.1. The topological polar surface area (TPSA) is 30.5 Å². The van der Waals surface area contributed by atoms with Crippen molar-refractivity contribution in [1.29, 1.82) is 0 Å². The maximum atomic E-state index is 6.01. The van der Waals surface area contributed by atoms with Crippen LogP contribution in [0.4, 0.5) is 0 Å². The fourth-order valence-electron chi connectivity index (χ4n) is 2.49. The molecule has 1 unspecified atom stereocenters. The van der Waals surface area contributed by atoms with Crippen LogP contribution < -0.4 is 10.1 Å². The van der Waals surface area contributed by atoms with Gasteiger partial charge < -0.3 is 14.8 Å². The Morgan fingerprint density at radius 1 is 1.00 bits per heavy atom. The highest BCUT2D eigenvalue weighted by Crippen LogP contribution is 2.19. The molecular formula is C19H26ClNO2. The summed E-state index contributed by atoms with van der Waals surface area (Å²) >= 11 is 0. The Hall–Kier alpha value is -1.55. The molecule has 23 heavy (non-hydrogen) atoms. The number of aryl methyl sites for hydroxylation is 2. The minimum atomic E-state index is 0. The predicted molar refractivity (Wildman–Crippen MR) is 97.7 cm³/mol. The number of ether oxygens (including phenoxy) is 2. The van der Waals surface area contributed by atoms with Gasteiger partial charge in [-0.15, -0.1) is 12.4 Å². The summed E-state index contributed by atoms with van der Waals surface area (Å²) in [5, 5.41) is 3.49. The number of hydrogen-bond donors (Lipinski definition) is 1. The lowest BCUT2D eigenvalue weighted by Crippen LogP contribution is -2.29. The second kappa shape index (κ2) is 10.3. The number of benzene rings is 2. The standard InChI is InChI=1S/C19H25NO2.ClH/c1-15-11-16(2)13-18(12-15)22-14-19(20-9-10-21-3)17-7-5-4-6-8-17;/h4-8,11-13,19-20H,9-10,14H2,1-3H3;1H. The molecule has 0 bridgehead atoms. The van der Waals surface area contributed by atoms with E-state index in [-0.39, 0.29) is 18.4 Å². The first kappa shape index (κ1) is 19.5. The third kappa shape index (κ3) is 6.61. The first-order chi connectivity index (χ1) is 10.7. The van der Waals surface area contributed by atoms with Crippen LogP contribution in [0.1, 0.15) is 22.7 Å². The number of rotatable bonds is 8. The Bertz CT molecular complexity index is 555. The van der Waals surface area contributed by atoms with Crippen molar-refractivity contribution in [2.45, 2.75) is 19.9 Å². The van der Waals surface area contributed by atoms with Gasteiger partial charge in [0.15, 0.2) is 0 Å². The van der Waals surface area contributed by atoms with E-state index in [4.69, 9.17) is 9.47 Å². The van der Waals surface area contributed by atoms with Gasteiger partial charge in [-0.05, 0) is 42.7 Å². The highest BCUT2D eigenvalue weighted by molar-refractivity contribution is 5.85. The molecule has 0 saturated carbocycles. The van der Waals surface area contributed by atoms with E-state index in [1.165, 1.54) is 16.7 Å². The van der Waals surface area contributed by atoms with Crippen molar-refractivity contribution in [2.75, 3.05) is 26.9 Å². The summed E-state index contributed by atoms with van der Waals surface area (Å²) in [7, 11) is 1.71. The van der Waals surface area contributed by atoms with Crippen LogP contribution >= 0.6 is 12.4 Å². The van der Waals surface area contributed by atoms with E-state index < -0.39 is 0 Å². The van der Waals surface area contributed by atoms with Crippen molar-refractivity contribution >= 4 is 12.4 Å². The van der Waals surface area contributed by atoms with E-state index in [0.29, 0.717) is 13.2 Å². The molecular weight excluding hydrogens is 310 g/mol. The second-order valence-corrected chi connectivity index (χ2v) is 5.54. The van der Waals surface area contributed by atoms with Gasteiger partial charge in [-0.1, -0.05) is 36.4 Å². The summed E-state index contributed by atoms with van der Waals surface area (Å²) in [6, 6.07) is 16.8. The molecule has 126 valence electrons. The molecule has 1 N–H and O–H groups in total. The first-order valence-corrected chi connectivity index (χ1v) is 7.67. The number of hydrogen-bond acceptors (Lipinski definition) is 3. The normalized spacial score (nSPS) is 11.6. The minimum Gasteiger partial charge on any atom is -0.492 e. The van der Waals surface area contributed by atoms with Gasteiger partial charge in [0.1, 0.15) is 12.4 Å². The third-order valence-corrected chi connectivity index (χ3v) is 3.51. The van der Waals surface area contributed by atoms with Gasteiger partial charge in [0.05, 0.1) is 12.6 Å². The van der Waals surface area contributed by atoms with Crippen molar-refractivity contribution in [2.24, 2.45) is 0 Å². The summed E-state index contributed by atoms with van der Waals surface area (Å²) in [6.45, 7) is 6.26. The maximum absolute atomic E-state index is 6.01. The van der Waals surface area contributed by atoms with Crippen molar-refractivity contribution in [3.8, 4) is 5.75 Å². The Kier molecular flexibility index (Phi) is 8.70. The van der Waals surface area contributed by atoms with E-state index in [0.717, 1.165) is 12.3 Å². The monoisotopic (exact) mass is 335 g/mol. The Morgan fingerprint density at radius 3 is 2.26 bits per heavy atom. The first-order valence-electron chi connectivity index (χ1n) is 7.67. The fourth-order valence-corrected chi connectivity index (χ4v) is 2.49. The van der Waals surface area contributed by atoms with Crippen LogP contribution in [0, 0.1) is 13.8 Å². The van der Waals surface area contributed by atoms with E-state index in [9.17, 15) is 0 Å². The van der Waals surface area contributed by atoms with Crippen LogP contribution in [0.2, 0.25) is 0 Å². The Labute approximate surface area is 145 Å². The average molecular weight is 336 g/mol. The Morgan fingerprint density at radius 2 is 1.65 bits per heavy atom. The SMILES string of the molecule is COCCNC(COc1cc(C)cc(C)c1)c1ccccc1.Cl. The molecule has 0 radical (unpaired) electrons. The number of halogens is 1. The van der Waals surface area contributed by atoms with E-state index >= 15 is 0 Å². The van der Waals surface area contributed by atoms with E-state index in [2.05, 4.69) is 61.6 Å². The largest absolute Gasteiger partial charge is 0.492 e. The lowest BCUT2D eigenvalue weighted by Gasteiger charge is -2.20. The second-order valence-electron chi connectivity index (χ2n) is 5.54. The summed E-state index contributed by atoms with van der Waals surface area (Å²) in [5.74, 6) is 0.923. The van der Waals surface area contributed by atoms with Crippen LogP contribution in [0.5, 0.6) is 5.75 Å². The van der Waals surface area contributed by atoms with Gasteiger partial charge in [-0.25, -0.2) is 0 Å². The van der Waals surface area contributed by atoms with Gasteiger partial charge in [-0.2, -0.15) is 0 Å². The predicted octanol–water partition coefficient (Wildman–Crippen LogP) is 4.08. The number of nitrogens with one attached hydrogen (secondary N) is 1. The van der Waals surface area contributed by atoms with Gasteiger partial charge in [0.25, 0.3) is 0 Å². The third-order valence-electron chi connectivity index (χ3n) is 3.51. The van der Waals surface area contributed by atoms with Gasteiger partial charge >= 0.3 is 0 Å². The zero-order valence-electron chi connectivity index (χ0n) is 14.0. The highest BCUT2D eigenvalue weighted by Gasteiger charge is 2.11. The summed E-state index contributed by atoms with van der Waals surface area (Å²) in [4.78, 5) is 0. The quantitative estimate of drug-likeness (QED) is 0.737. The van der Waals surface area contributed by atoms with Crippen LogP contribution in [-0.2, 0) is 4.74 Å². The lowest BCUT2D eigenvalue weighted by molar-refractivity contribution is 0.187. The molecule has 4 heteroatoms. The van der Waals surface area contributed by atoms with Crippen LogP contribution in [0.15, 0.2) is 48.5 Å². The van der Waals surface area contributed by atoms with Gasteiger partial charge in [0, 0.05) is 13.7 Å². The van der Waals surface area contributed by atoms with E-state index in [1.54, 1.807) is 7.11 Å². The molecule has 2 rings (SSSR count). The molecule has 0 aliphatic rings. The zero-order valence-corrected chi connectivity index (χ0v) is 14.9. The average Bonchev–Trinajstić information content (AvgIpc) is 2.50.